The third kappa shape index (κ3) is 3.10. The number of benzene rings is 2. The number of carbonyl (C=O) groups excluding carboxylic acids is 1. The molecule has 2 aromatic heterocycles. The molecule has 2 heterocycles. The number of amides is 1. The van der Waals surface area contributed by atoms with E-state index in [-0.39, 0.29) is 11.3 Å². The van der Waals surface area contributed by atoms with Crippen molar-refractivity contribution in [2.75, 3.05) is 5.32 Å². The molecule has 0 bridgehead atoms. The Kier molecular flexibility index (Phi) is 4.25. The van der Waals surface area contributed by atoms with Crippen LogP contribution in [-0.4, -0.2) is 25.2 Å². The monoisotopic (exact) mass is 359 g/mol. The quantitative estimate of drug-likeness (QED) is 0.607. The third-order valence-electron chi connectivity index (χ3n) is 4.23. The molecule has 1 amide bonds. The molecule has 27 heavy (non-hydrogen) atoms. The van der Waals surface area contributed by atoms with E-state index in [1.807, 2.05) is 41.8 Å². The van der Waals surface area contributed by atoms with Gasteiger partial charge < -0.3 is 4.57 Å². The topological polar surface area (TPSA) is 81.8 Å². The highest BCUT2D eigenvalue weighted by atomic mass is 16.2. The Morgan fingerprint density at radius 3 is 2.52 bits per heavy atom. The van der Waals surface area contributed by atoms with Gasteiger partial charge in [0.25, 0.3) is 11.5 Å². The van der Waals surface area contributed by atoms with Crippen molar-refractivity contribution in [2.24, 2.45) is 0 Å². The number of imidazole rings is 1. The first-order valence-corrected chi connectivity index (χ1v) is 8.60. The van der Waals surface area contributed by atoms with E-state index in [0.717, 1.165) is 11.0 Å². The molecule has 4 rings (SSSR count). The van der Waals surface area contributed by atoms with Crippen molar-refractivity contribution in [1.29, 1.82) is 0 Å². The summed E-state index contributed by atoms with van der Waals surface area (Å²) in [6, 6.07) is 19.4. The Bertz CT molecular complexity index is 1180. The summed E-state index contributed by atoms with van der Waals surface area (Å²) in [5.74, 6) is 0.0210. The van der Waals surface area contributed by atoms with Crippen LogP contribution >= 0.6 is 0 Å². The van der Waals surface area contributed by atoms with Crippen LogP contribution < -0.4 is 10.9 Å². The van der Waals surface area contributed by atoms with Crippen LogP contribution in [0.4, 0.5) is 5.95 Å². The van der Waals surface area contributed by atoms with E-state index >= 15 is 0 Å². The van der Waals surface area contributed by atoms with E-state index < -0.39 is 5.91 Å². The summed E-state index contributed by atoms with van der Waals surface area (Å²) < 4.78 is 3.12. The number of aryl methyl sites for hydroxylation is 1. The first-order chi connectivity index (χ1) is 13.2. The molecule has 0 spiro atoms. The number of para-hydroxylation sites is 3. The van der Waals surface area contributed by atoms with Crippen molar-refractivity contribution in [1.82, 2.24) is 19.3 Å². The van der Waals surface area contributed by atoms with Crippen molar-refractivity contribution in [3.8, 4) is 5.69 Å². The largest absolute Gasteiger partial charge is 0.310 e. The number of anilines is 1. The second-order valence-electron chi connectivity index (χ2n) is 5.93. The molecule has 2 aromatic carbocycles. The van der Waals surface area contributed by atoms with Gasteiger partial charge in [0.1, 0.15) is 5.69 Å². The lowest BCUT2D eigenvalue weighted by atomic mass is 10.3. The third-order valence-corrected chi connectivity index (χ3v) is 4.23. The van der Waals surface area contributed by atoms with Crippen LogP contribution in [0.5, 0.6) is 0 Å². The molecule has 0 radical (unpaired) electrons. The van der Waals surface area contributed by atoms with Gasteiger partial charge in [0.15, 0.2) is 0 Å². The molecule has 0 aliphatic rings. The maximum Gasteiger partial charge on any atom is 0.278 e. The lowest BCUT2D eigenvalue weighted by molar-refractivity contribution is 0.101. The standard InChI is InChI=1S/C20H17N5O2/c1-2-24-17-11-7-6-10-15(17)21-20(24)22-19(27)16-12-13-18(26)25(23-16)14-8-4-3-5-9-14/h3-13H,2H2,1H3,(H,21,22,27). The van der Waals surface area contributed by atoms with E-state index in [4.69, 9.17) is 0 Å². The SMILES string of the molecule is CCn1c(NC(=O)c2ccc(=O)n(-c3ccccc3)n2)nc2ccccc21. The van der Waals surface area contributed by atoms with Gasteiger partial charge >= 0.3 is 0 Å². The molecule has 0 saturated heterocycles. The zero-order valence-electron chi connectivity index (χ0n) is 14.7. The number of hydrogen-bond donors (Lipinski definition) is 1. The lowest BCUT2D eigenvalue weighted by Gasteiger charge is -2.09. The van der Waals surface area contributed by atoms with Gasteiger partial charge in [0, 0.05) is 12.6 Å². The van der Waals surface area contributed by atoms with Crippen LogP contribution in [0.1, 0.15) is 17.4 Å². The maximum atomic E-state index is 12.7. The summed E-state index contributed by atoms with van der Waals surface area (Å²) in [7, 11) is 0. The van der Waals surface area contributed by atoms with Gasteiger partial charge in [0.2, 0.25) is 5.95 Å². The summed E-state index contributed by atoms with van der Waals surface area (Å²) in [6.45, 7) is 2.64. The molecule has 0 atom stereocenters. The highest BCUT2D eigenvalue weighted by molar-refractivity contribution is 6.02. The molecule has 1 N–H and O–H groups in total. The van der Waals surface area contributed by atoms with E-state index in [2.05, 4.69) is 15.4 Å². The number of rotatable bonds is 4. The average molecular weight is 359 g/mol. The molecule has 134 valence electrons. The van der Waals surface area contributed by atoms with Gasteiger partial charge in [-0.1, -0.05) is 30.3 Å². The fraction of sp³-hybridized carbons (Fsp3) is 0.100. The lowest BCUT2D eigenvalue weighted by Crippen LogP contribution is -2.25. The minimum atomic E-state index is -0.426. The van der Waals surface area contributed by atoms with Gasteiger partial charge in [-0.3, -0.25) is 14.9 Å². The van der Waals surface area contributed by atoms with Crippen molar-refractivity contribution in [3.63, 3.8) is 0 Å². The number of carbonyl (C=O) groups is 1. The Hall–Kier alpha value is -3.74. The Morgan fingerprint density at radius 2 is 1.74 bits per heavy atom. The predicted molar refractivity (Wildman–Crippen MR) is 103 cm³/mol. The minimum absolute atomic E-state index is 0.133. The number of nitrogens with one attached hydrogen (secondary N) is 1. The van der Waals surface area contributed by atoms with Gasteiger partial charge in [-0.25, -0.2) is 4.98 Å². The van der Waals surface area contributed by atoms with Crippen LogP contribution in [-0.2, 0) is 6.54 Å². The van der Waals surface area contributed by atoms with Crippen LogP contribution in [0, 0.1) is 0 Å². The summed E-state index contributed by atoms with van der Waals surface area (Å²) in [4.78, 5) is 29.3. The number of hydrogen-bond acceptors (Lipinski definition) is 4. The Labute approximate surface area is 154 Å². The van der Waals surface area contributed by atoms with E-state index in [0.29, 0.717) is 18.2 Å². The highest BCUT2D eigenvalue weighted by Crippen LogP contribution is 2.19. The molecule has 0 aliphatic heterocycles. The van der Waals surface area contributed by atoms with Crippen LogP contribution in [0.15, 0.2) is 71.5 Å². The molecule has 7 heteroatoms. The summed E-state index contributed by atoms with van der Waals surface area (Å²) >= 11 is 0. The van der Waals surface area contributed by atoms with Crippen molar-refractivity contribution >= 4 is 22.9 Å². The Balaban J connectivity index is 1.69. The smallest absolute Gasteiger partial charge is 0.278 e. The molecule has 7 nitrogen and oxygen atoms in total. The minimum Gasteiger partial charge on any atom is -0.310 e. The first-order valence-electron chi connectivity index (χ1n) is 8.60. The summed E-state index contributed by atoms with van der Waals surface area (Å²) in [6.07, 6.45) is 0. The Morgan fingerprint density at radius 1 is 1.00 bits per heavy atom. The van der Waals surface area contributed by atoms with Crippen LogP contribution in [0.25, 0.3) is 16.7 Å². The first kappa shape index (κ1) is 16.7. The molecule has 0 unspecified atom stereocenters. The zero-order valence-corrected chi connectivity index (χ0v) is 14.7. The molecule has 0 saturated carbocycles. The van der Waals surface area contributed by atoms with E-state index in [1.165, 1.54) is 16.8 Å². The summed E-state index contributed by atoms with van der Waals surface area (Å²) in [5.41, 5.74) is 2.17. The van der Waals surface area contributed by atoms with E-state index in [1.54, 1.807) is 24.3 Å². The second-order valence-corrected chi connectivity index (χ2v) is 5.93. The van der Waals surface area contributed by atoms with Gasteiger partial charge in [0.05, 0.1) is 16.7 Å². The fourth-order valence-corrected chi connectivity index (χ4v) is 2.94. The fourth-order valence-electron chi connectivity index (χ4n) is 2.94. The molecular weight excluding hydrogens is 342 g/mol. The van der Waals surface area contributed by atoms with Crippen molar-refractivity contribution in [3.05, 3.63) is 82.8 Å². The van der Waals surface area contributed by atoms with E-state index in [9.17, 15) is 9.59 Å². The van der Waals surface area contributed by atoms with Crippen LogP contribution in [0.3, 0.4) is 0 Å². The normalized spacial score (nSPS) is 10.9. The van der Waals surface area contributed by atoms with Gasteiger partial charge in [-0.05, 0) is 37.3 Å². The molecule has 0 fully saturated rings. The maximum absolute atomic E-state index is 12.7. The molecule has 0 aliphatic carbocycles. The number of aromatic nitrogens is 4. The predicted octanol–water partition coefficient (Wildman–Crippen LogP) is 2.85. The zero-order chi connectivity index (χ0) is 18.8. The van der Waals surface area contributed by atoms with Gasteiger partial charge in [-0.15, -0.1) is 0 Å². The second kappa shape index (κ2) is 6.87. The summed E-state index contributed by atoms with van der Waals surface area (Å²) in [5, 5.41) is 7.00. The number of nitrogens with zero attached hydrogens (tertiary/aromatic N) is 4. The van der Waals surface area contributed by atoms with Crippen LogP contribution in [0.2, 0.25) is 0 Å². The molecule has 4 aromatic rings. The van der Waals surface area contributed by atoms with Crippen molar-refractivity contribution < 1.29 is 4.79 Å². The molecular formula is C20H17N5O2. The van der Waals surface area contributed by atoms with Crippen molar-refractivity contribution in [2.45, 2.75) is 13.5 Å². The van der Waals surface area contributed by atoms with Gasteiger partial charge in [-0.2, -0.15) is 9.78 Å². The average Bonchev–Trinajstić information content (AvgIpc) is 3.05. The highest BCUT2D eigenvalue weighted by Gasteiger charge is 2.15. The number of fused-ring (bicyclic) bond motifs is 1.